The number of hydrogen-bond donors (Lipinski definition) is 2. The van der Waals surface area contributed by atoms with Crippen LogP contribution in [0.2, 0.25) is 0 Å². The topological polar surface area (TPSA) is 130 Å². The molecule has 0 saturated heterocycles. The molecular weight excluding hydrogens is 246 g/mol. The summed E-state index contributed by atoms with van der Waals surface area (Å²) in [5.74, 6) is 0. The van der Waals surface area contributed by atoms with Gasteiger partial charge in [-0.05, 0) is 0 Å². The van der Waals surface area contributed by atoms with E-state index in [1.807, 2.05) is 0 Å². The minimum Gasteiger partial charge on any atom is -0.789 e. The molecule has 2 N–H and O–H groups in total. The summed E-state index contributed by atoms with van der Waals surface area (Å²) in [6.45, 7) is 0. The van der Waals surface area contributed by atoms with E-state index in [4.69, 9.17) is 9.79 Å². The number of rotatable bonds is 2. The van der Waals surface area contributed by atoms with Crippen molar-refractivity contribution in [3.63, 3.8) is 0 Å². The SMILES string of the molecule is O=P([O-])([O-])OP(=O)(O)O.S.[Ca+2]. The molecule has 0 atom stereocenters. The van der Waals surface area contributed by atoms with Crippen molar-refractivity contribution < 1.29 is 33.0 Å². The number of hydrogen-bond acceptors (Lipinski definition) is 5. The maximum Gasteiger partial charge on any atom is 2.00 e. The molecule has 64 valence electrons. The van der Waals surface area contributed by atoms with Crippen LogP contribution in [-0.4, -0.2) is 47.5 Å². The molecule has 0 aliphatic carbocycles. The first-order chi connectivity index (χ1) is 3.71. The van der Waals surface area contributed by atoms with E-state index in [9.17, 15) is 18.9 Å². The van der Waals surface area contributed by atoms with Crippen molar-refractivity contribution in [1.82, 2.24) is 0 Å². The Bertz CT molecular complexity index is 157. The van der Waals surface area contributed by atoms with Gasteiger partial charge in [0.25, 0.3) is 0 Å². The molecule has 7 nitrogen and oxygen atoms in total. The van der Waals surface area contributed by atoms with Crippen LogP contribution in [0.15, 0.2) is 0 Å². The van der Waals surface area contributed by atoms with Gasteiger partial charge in [-0.3, -0.25) is 4.31 Å². The van der Waals surface area contributed by atoms with E-state index in [2.05, 4.69) is 4.31 Å². The minimum absolute atomic E-state index is 0. The van der Waals surface area contributed by atoms with Gasteiger partial charge in [0.2, 0.25) is 0 Å². The third-order valence-electron chi connectivity index (χ3n) is 0.206. The average Bonchev–Trinajstić information content (AvgIpc) is 1.14. The predicted molar refractivity (Wildman–Crippen MR) is 36.9 cm³/mol. The molecule has 0 aliphatic heterocycles. The first-order valence-electron chi connectivity index (χ1n) is 1.50. The smallest absolute Gasteiger partial charge is 0.789 e. The zero-order valence-corrected chi connectivity index (χ0v) is 10.0. The molecule has 0 bridgehead atoms. The monoisotopic (exact) mass is 250 g/mol. The summed E-state index contributed by atoms with van der Waals surface area (Å²) in [5, 5.41) is 0. The Morgan fingerprint density at radius 3 is 1.45 bits per heavy atom. The maximum atomic E-state index is 9.55. The molecule has 0 spiro atoms. The molecule has 0 saturated carbocycles. The van der Waals surface area contributed by atoms with Crippen molar-refractivity contribution in [2.75, 3.05) is 0 Å². The van der Waals surface area contributed by atoms with Crippen LogP contribution in [0, 0.1) is 0 Å². The fourth-order valence-electron chi connectivity index (χ4n) is 0.130. The fourth-order valence-corrected chi connectivity index (χ4v) is 1.17. The zero-order chi connectivity index (χ0) is 7.71. The molecule has 11 heteroatoms. The van der Waals surface area contributed by atoms with Crippen molar-refractivity contribution >= 4 is 66.9 Å². The molecular formula is H4CaO7P2S. The molecule has 0 aromatic carbocycles. The Kier molecular flexibility index (Phi) is 10.7. The summed E-state index contributed by atoms with van der Waals surface area (Å²) < 4.78 is 21.7. The summed E-state index contributed by atoms with van der Waals surface area (Å²) in [6.07, 6.45) is 0. The van der Waals surface area contributed by atoms with Crippen LogP contribution < -0.4 is 9.79 Å². The van der Waals surface area contributed by atoms with Crippen LogP contribution >= 0.6 is 29.1 Å². The van der Waals surface area contributed by atoms with E-state index >= 15 is 0 Å². The summed E-state index contributed by atoms with van der Waals surface area (Å²) in [4.78, 5) is 34.1. The summed E-state index contributed by atoms with van der Waals surface area (Å²) in [7, 11) is -10.7. The van der Waals surface area contributed by atoms with Crippen LogP contribution in [0.3, 0.4) is 0 Å². The minimum atomic E-state index is -5.55. The molecule has 0 rings (SSSR count). The van der Waals surface area contributed by atoms with Crippen molar-refractivity contribution in [2.45, 2.75) is 0 Å². The van der Waals surface area contributed by atoms with Crippen molar-refractivity contribution in [2.24, 2.45) is 0 Å². The zero-order valence-electron chi connectivity index (χ0n) is 5.04. The van der Waals surface area contributed by atoms with E-state index in [-0.39, 0.29) is 51.2 Å². The first kappa shape index (κ1) is 18.6. The Morgan fingerprint density at radius 1 is 1.18 bits per heavy atom. The van der Waals surface area contributed by atoms with Gasteiger partial charge in [0.1, 0.15) is 0 Å². The normalized spacial score (nSPS) is 11.3. The molecule has 0 radical (unpaired) electrons. The fraction of sp³-hybridized carbons (Fsp3) is 0. The quantitative estimate of drug-likeness (QED) is 0.414. The third-order valence-corrected chi connectivity index (χ3v) is 1.86. The summed E-state index contributed by atoms with van der Waals surface area (Å²) in [6, 6.07) is 0. The summed E-state index contributed by atoms with van der Waals surface area (Å²) in [5.41, 5.74) is 0. The molecule has 0 heterocycles. The van der Waals surface area contributed by atoms with Gasteiger partial charge in [-0.25, -0.2) is 4.57 Å². The molecule has 0 aromatic heterocycles. The van der Waals surface area contributed by atoms with Crippen molar-refractivity contribution in [3.8, 4) is 0 Å². The van der Waals surface area contributed by atoms with Crippen LogP contribution in [-0.2, 0) is 13.4 Å². The van der Waals surface area contributed by atoms with E-state index in [0.717, 1.165) is 0 Å². The van der Waals surface area contributed by atoms with Crippen molar-refractivity contribution in [1.29, 1.82) is 0 Å². The standard InChI is InChI=1S/Ca.H4O7P2.H2S/c;1-8(2,3)7-9(4,5)6;/h;(H2,1,2,3)(H2,4,5,6);1H2/q+2;;/p-2. The van der Waals surface area contributed by atoms with E-state index < -0.39 is 15.6 Å². The van der Waals surface area contributed by atoms with Gasteiger partial charge in [-0.1, -0.05) is 0 Å². The molecule has 0 aliphatic rings. The van der Waals surface area contributed by atoms with Gasteiger partial charge in [0, 0.05) is 0 Å². The Labute approximate surface area is 99.1 Å². The van der Waals surface area contributed by atoms with E-state index in [0.29, 0.717) is 0 Å². The number of phosphoric acid groups is 2. The Hall–Kier alpha value is 1.87. The van der Waals surface area contributed by atoms with Gasteiger partial charge in [0.05, 0.1) is 7.82 Å². The first-order valence-corrected chi connectivity index (χ1v) is 4.49. The second-order valence-corrected chi connectivity index (χ2v) is 3.55. The van der Waals surface area contributed by atoms with Crippen LogP contribution in [0.25, 0.3) is 0 Å². The molecule has 0 unspecified atom stereocenters. The van der Waals surface area contributed by atoms with E-state index in [1.165, 1.54) is 0 Å². The second-order valence-electron chi connectivity index (χ2n) is 1.02. The average molecular weight is 250 g/mol. The largest absolute Gasteiger partial charge is 2.00 e. The van der Waals surface area contributed by atoms with Crippen LogP contribution in [0.5, 0.6) is 0 Å². The van der Waals surface area contributed by atoms with Crippen molar-refractivity contribution in [3.05, 3.63) is 0 Å². The van der Waals surface area contributed by atoms with Gasteiger partial charge >= 0.3 is 45.6 Å². The van der Waals surface area contributed by atoms with Crippen LogP contribution in [0.1, 0.15) is 0 Å². The third kappa shape index (κ3) is 18.7. The van der Waals surface area contributed by atoms with Gasteiger partial charge in [-0.15, -0.1) is 0 Å². The van der Waals surface area contributed by atoms with Gasteiger partial charge in [-0.2, -0.15) is 13.5 Å². The second kappa shape index (κ2) is 6.34. The Balaban J connectivity index is -0.000000320. The molecule has 0 amide bonds. The molecule has 0 fully saturated rings. The van der Waals surface area contributed by atoms with E-state index in [1.54, 1.807) is 0 Å². The van der Waals surface area contributed by atoms with Gasteiger partial charge in [0.15, 0.2) is 0 Å². The molecule has 11 heavy (non-hydrogen) atoms. The summed E-state index contributed by atoms with van der Waals surface area (Å²) >= 11 is 0. The maximum absolute atomic E-state index is 9.55. The Morgan fingerprint density at radius 2 is 1.45 bits per heavy atom. The van der Waals surface area contributed by atoms with Crippen LogP contribution in [0.4, 0.5) is 0 Å². The van der Waals surface area contributed by atoms with Gasteiger partial charge < -0.3 is 24.1 Å². The molecule has 0 aromatic rings. The predicted octanol–water partition coefficient (Wildman–Crippen LogP) is -2.34.